The van der Waals surface area contributed by atoms with Gasteiger partial charge in [-0.1, -0.05) is 35.4 Å². The Kier molecular flexibility index (Phi) is 4.84. The van der Waals surface area contributed by atoms with Crippen LogP contribution in [0.5, 0.6) is 0 Å². The average Bonchev–Trinajstić information content (AvgIpc) is 2.36. The van der Waals surface area contributed by atoms with Crippen molar-refractivity contribution in [3.05, 3.63) is 64.5 Å². The van der Waals surface area contributed by atoms with E-state index in [2.05, 4.69) is 32.0 Å². The topological polar surface area (TPSA) is 26.0 Å². The van der Waals surface area contributed by atoms with Gasteiger partial charge in [-0.3, -0.25) is 0 Å². The molecule has 0 saturated heterocycles. The van der Waals surface area contributed by atoms with E-state index in [0.717, 1.165) is 11.3 Å². The number of rotatable bonds is 4. The van der Waals surface area contributed by atoms with Crippen molar-refractivity contribution in [1.82, 2.24) is 0 Å². The summed E-state index contributed by atoms with van der Waals surface area (Å²) < 4.78 is 14.0. The summed E-state index contributed by atoms with van der Waals surface area (Å²) >= 11 is 1.52. The van der Waals surface area contributed by atoms with E-state index in [1.807, 2.05) is 19.1 Å². The lowest BCUT2D eigenvalue weighted by atomic mass is 10.1. The minimum atomic E-state index is -0.186. The maximum atomic E-state index is 14.0. The highest BCUT2D eigenvalue weighted by Crippen LogP contribution is 2.28. The third kappa shape index (κ3) is 3.84. The van der Waals surface area contributed by atoms with E-state index < -0.39 is 0 Å². The molecular weight excluding hydrogens is 269 g/mol. The Morgan fingerprint density at radius 3 is 2.30 bits per heavy atom. The molecule has 1 nitrogen and oxygen atoms in total. The summed E-state index contributed by atoms with van der Waals surface area (Å²) in [4.78, 5) is 0.675. The fraction of sp³-hybridized carbons (Fsp3) is 0.294. The summed E-state index contributed by atoms with van der Waals surface area (Å²) in [5, 5.41) is 0. The van der Waals surface area contributed by atoms with E-state index >= 15 is 0 Å². The van der Waals surface area contributed by atoms with E-state index in [4.69, 9.17) is 5.73 Å². The Bertz CT molecular complexity index is 588. The van der Waals surface area contributed by atoms with Crippen LogP contribution in [-0.4, -0.2) is 0 Å². The van der Waals surface area contributed by atoms with Crippen LogP contribution < -0.4 is 5.73 Å². The SMILES string of the molecule is Cc1cc(C)cc(CSc2ccc([C@H](C)N)cc2F)c1. The minimum absolute atomic E-state index is 0.136. The quantitative estimate of drug-likeness (QED) is 0.822. The highest BCUT2D eigenvalue weighted by molar-refractivity contribution is 7.98. The van der Waals surface area contributed by atoms with E-state index in [0.29, 0.717) is 4.90 Å². The maximum absolute atomic E-state index is 14.0. The molecule has 0 amide bonds. The van der Waals surface area contributed by atoms with Gasteiger partial charge in [-0.05, 0) is 44.0 Å². The van der Waals surface area contributed by atoms with Crippen molar-refractivity contribution >= 4 is 11.8 Å². The highest BCUT2D eigenvalue weighted by atomic mass is 32.2. The molecule has 0 heterocycles. The van der Waals surface area contributed by atoms with Gasteiger partial charge >= 0.3 is 0 Å². The maximum Gasteiger partial charge on any atom is 0.137 e. The summed E-state index contributed by atoms with van der Waals surface area (Å²) in [6.45, 7) is 6.02. The van der Waals surface area contributed by atoms with Crippen molar-refractivity contribution in [2.75, 3.05) is 0 Å². The molecule has 0 fully saturated rings. The molecule has 0 aliphatic heterocycles. The second-order valence-corrected chi connectivity index (χ2v) is 6.28. The van der Waals surface area contributed by atoms with Crippen molar-refractivity contribution < 1.29 is 4.39 Å². The van der Waals surface area contributed by atoms with Crippen molar-refractivity contribution in [3.63, 3.8) is 0 Å². The Labute approximate surface area is 124 Å². The number of thioether (sulfide) groups is 1. The number of hydrogen-bond acceptors (Lipinski definition) is 2. The molecule has 1 atom stereocenters. The molecule has 20 heavy (non-hydrogen) atoms. The molecule has 0 saturated carbocycles. The van der Waals surface area contributed by atoms with Gasteiger partial charge in [-0.25, -0.2) is 4.39 Å². The van der Waals surface area contributed by atoms with Crippen molar-refractivity contribution in [2.24, 2.45) is 5.73 Å². The summed E-state index contributed by atoms with van der Waals surface area (Å²) in [5.74, 6) is 0.589. The summed E-state index contributed by atoms with van der Waals surface area (Å²) in [7, 11) is 0. The summed E-state index contributed by atoms with van der Waals surface area (Å²) in [6.07, 6.45) is 0. The molecule has 0 aliphatic rings. The van der Waals surface area contributed by atoms with Gasteiger partial charge in [0.15, 0.2) is 0 Å². The molecular formula is C17H20FNS. The first-order valence-electron chi connectivity index (χ1n) is 6.70. The monoisotopic (exact) mass is 289 g/mol. The van der Waals surface area contributed by atoms with Crippen LogP contribution in [-0.2, 0) is 5.75 Å². The molecule has 2 aromatic carbocycles. The molecule has 0 aliphatic carbocycles. The molecule has 0 bridgehead atoms. The lowest BCUT2D eigenvalue weighted by Gasteiger charge is -2.09. The Balaban J connectivity index is 2.11. The minimum Gasteiger partial charge on any atom is -0.324 e. The van der Waals surface area contributed by atoms with Gasteiger partial charge in [0.05, 0.1) is 0 Å². The molecule has 2 rings (SSSR count). The fourth-order valence-electron chi connectivity index (χ4n) is 2.23. The van der Waals surface area contributed by atoms with Crippen LogP contribution in [0.25, 0.3) is 0 Å². The summed E-state index contributed by atoms with van der Waals surface area (Å²) in [5.41, 5.74) is 10.3. The van der Waals surface area contributed by atoms with Gasteiger partial charge in [-0.2, -0.15) is 0 Å². The molecule has 0 aromatic heterocycles. The zero-order valence-electron chi connectivity index (χ0n) is 12.1. The normalized spacial score (nSPS) is 12.4. The van der Waals surface area contributed by atoms with Gasteiger partial charge in [0.1, 0.15) is 5.82 Å². The second-order valence-electron chi connectivity index (χ2n) is 5.26. The summed E-state index contributed by atoms with van der Waals surface area (Å²) in [6, 6.07) is 11.6. The molecule has 2 aromatic rings. The van der Waals surface area contributed by atoms with Crippen LogP contribution in [0.4, 0.5) is 4.39 Å². The molecule has 3 heteroatoms. The lowest BCUT2D eigenvalue weighted by Crippen LogP contribution is -2.05. The van der Waals surface area contributed by atoms with Crippen molar-refractivity contribution in [2.45, 2.75) is 37.5 Å². The number of aryl methyl sites for hydroxylation is 2. The van der Waals surface area contributed by atoms with Gasteiger partial charge in [-0.15, -0.1) is 11.8 Å². The Morgan fingerprint density at radius 1 is 1.10 bits per heavy atom. The zero-order valence-corrected chi connectivity index (χ0v) is 12.9. The Hall–Kier alpha value is -1.32. The predicted octanol–water partition coefficient (Wildman–Crippen LogP) is 4.75. The first-order valence-corrected chi connectivity index (χ1v) is 7.69. The molecule has 106 valence electrons. The smallest absolute Gasteiger partial charge is 0.137 e. The average molecular weight is 289 g/mol. The van der Waals surface area contributed by atoms with Gasteiger partial charge in [0, 0.05) is 16.7 Å². The third-order valence-corrected chi connectivity index (χ3v) is 4.28. The molecule has 0 spiro atoms. The van der Waals surface area contributed by atoms with Gasteiger partial charge in [0.2, 0.25) is 0 Å². The predicted molar refractivity (Wildman–Crippen MR) is 84.5 cm³/mol. The number of hydrogen-bond donors (Lipinski definition) is 1. The van der Waals surface area contributed by atoms with Crippen LogP contribution in [0.3, 0.4) is 0 Å². The van der Waals surface area contributed by atoms with Crippen LogP contribution in [0.1, 0.15) is 35.2 Å². The van der Waals surface area contributed by atoms with E-state index in [-0.39, 0.29) is 11.9 Å². The molecule has 2 N–H and O–H groups in total. The largest absolute Gasteiger partial charge is 0.324 e. The standard InChI is InChI=1S/C17H20FNS/c1-11-6-12(2)8-14(7-11)10-20-17-5-4-15(13(3)19)9-16(17)18/h4-9,13H,10,19H2,1-3H3/t13-/m0/s1. The lowest BCUT2D eigenvalue weighted by molar-refractivity contribution is 0.596. The second kappa shape index (κ2) is 6.42. The molecule has 0 radical (unpaired) electrons. The van der Waals surface area contributed by atoms with E-state index in [9.17, 15) is 4.39 Å². The molecule has 0 unspecified atom stereocenters. The Morgan fingerprint density at radius 2 is 1.75 bits per heavy atom. The van der Waals surface area contributed by atoms with Gasteiger partial charge in [0.25, 0.3) is 0 Å². The highest BCUT2D eigenvalue weighted by Gasteiger charge is 2.07. The van der Waals surface area contributed by atoms with Gasteiger partial charge < -0.3 is 5.73 Å². The van der Waals surface area contributed by atoms with Crippen molar-refractivity contribution in [3.8, 4) is 0 Å². The first-order chi connectivity index (χ1) is 9.45. The van der Waals surface area contributed by atoms with Crippen LogP contribution in [0, 0.1) is 19.7 Å². The van der Waals surface area contributed by atoms with Crippen LogP contribution >= 0.6 is 11.8 Å². The van der Waals surface area contributed by atoms with Crippen molar-refractivity contribution in [1.29, 1.82) is 0 Å². The fourth-order valence-corrected chi connectivity index (χ4v) is 3.08. The number of benzene rings is 2. The number of halogens is 1. The number of nitrogens with two attached hydrogens (primary N) is 1. The van der Waals surface area contributed by atoms with Crippen LogP contribution in [0.2, 0.25) is 0 Å². The van der Waals surface area contributed by atoms with Crippen LogP contribution in [0.15, 0.2) is 41.3 Å². The third-order valence-electron chi connectivity index (χ3n) is 3.16. The van der Waals surface area contributed by atoms with E-state index in [1.54, 1.807) is 0 Å². The first kappa shape index (κ1) is 15.1. The van der Waals surface area contributed by atoms with E-state index in [1.165, 1.54) is 34.5 Å². The zero-order chi connectivity index (χ0) is 14.7.